The molecule has 4 rings (SSSR count). The maximum atomic E-state index is 15.2. The van der Waals surface area contributed by atoms with Crippen LogP contribution in [0, 0.1) is 11.7 Å². The van der Waals surface area contributed by atoms with E-state index in [1.807, 2.05) is 19.0 Å². The molecule has 200 valence electrons. The number of amides is 2. The number of rotatable bonds is 5. The summed E-state index contributed by atoms with van der Waals surface area (Å²) in [5, 5.41) is 6.16. The smallest absolute Gasteiger partial charge is 0.413 e. The van der Waals surface area contributed by atoms with Gasteiger partial charge in [0.1, 0.15) is 5.82 Å². The lowest BCUT2D eigenvalue weighted by Gasteiger charge is -2.34. The fourth-order valence-electron chi connectivity index (χ4n) is 4.40. The maximum absolute atomic E-state index is 15.2. The van der Waals surface area contributed by atoms with Gasteiger partial charge in [-0.1, -0.05) is 30.7 Å². The highest BCUT2D eigenvalue weighted by atomic mass is 35.5. The van der Waals surface area contributed by atoms with Crippen LogP contribution >= 0.6 is 11.6 Å². The third-order valence-electron chi connectivity index (χ3n) is 6.53. The van der Waals surface area contributed by atoms with Gasteiger partial charge in [-0.25, -0.2) is 13.6 Å². The zero-order valence-electron chi connectivity index (χ0n) is 20.3. The number of nitrogens with zero attached hydrogens (tertiary/aromatic N) is 5. The van der Waals surface area contributed by atoms with E-state index in [9.17, 15) is 18.0 Å². The second kappa shape index (κ2) is 10.4. The third-order valence-corrected chi connectivity index (χ3v) is 6.85. The van der Waals surface area contributed by atoms with E-state index >= 15 is 8.78 Å². The van der Waals surface area contributed by atoms with Crippen molar-refractivity contribution in [2.24, 2.45) is 5.92 Å². The van der Waals surface area contributed by atoms with Crippen molar-refractivity contribution in [2.45, 2.75) is 38.5 Å². The van der Waals surface area contributed by atoms with Gasteiger partial charge < -0.3 is 14.2 Å². The lowest BCUT2D eigenvalue weighted by Crippen LogP contribution is -2.44. The minimum Gasteiger partial charge on any atom is -0.413 e. The molecule has 2 amide bonds. The molecule has 2 heterocycles. The van der Waals surface area contributed by atoms with Crippen LogP contribution in [0.4, 0.5) is 26.7 Å². The molecule has 7 nitrogen and oxygen atoms in total. The highest BCUT2D eigenvalue weighted by Crippen LogP contribution is 2.37. The summed E-state index contributed by atoms with van der Waals surface area (Å²) in [7, 11) is 3.81. The predicted molar refractivity (Wildman–Crippen MR) is 125 cm³/mol. The molecule has 0 bridgehead atoms. The van der Waals surface area contributed by atoms with Crippen molar-refractivity contribution in [1.82, 2.24) is 24.9 Å². The average Bonchev–Trinajstić information content (AvgIpc) is 3.52. The van der Waals surface area contributed by atoms with Gasteiger partial charge in [0, 0.05) is 36.2 Å². The van der Waals surface area contributed by atoms with Crippen LogP contribution in [-0.4, -0.2) is 64.2 Å². The molecule has 0 N–H and O–H groups in total. The molecule has 0 radical (unpaired) electrons. The summed E-state index contributed by atoms with van der Waals surface area (Å²) in [5.74, 6) is -4.05. The van der Waals surface area contributed by atoms with Gasteiger partial charge in [0.2, 0.25) is 5.89 Å². The Hall–Kier alpha value is -2.99. The number of aromatic nitrogens is 2. The van der Waals surface area contributed by atoms with Crippen LogP contribution < -0.4 is 0 Å². The SMILES string of the molecule is CC1CC=C(Cl)C(F)=C1N(Cc1ccc(-c2nnc(C(F)(F)F)o2)cc1F)C(=O)N1CC[C@H](N(C)C)C1. The van der Waals surface area contributed by atoms with Crippen molar-refractivity contribution in [3.05, 3.63) is 58.1 Å². The number of likely N-dealkylation sites (tertiary alicyclic amines) is 1. The van der Waals surface area contributed by atoms with Crippen molar-refractivity contribution >= 4 is 17.6 Å². The molecule has 1 aromatic heterocycles. The Morgan fingerprint density at radius 2 is 1.97 bits per heavy atom. The van der Waals surface area contributed by atoms with E-state index in [4.69, 9.17) is 11.6 Å². The Bertz CT molecular complexity index is 1240. The van der Waals surface area contributed by atoms with Crippen molar-refractivity contribution in [2.75, 3.05) is 27.2 Å². The predicted octanol–water partition coefficient (Wildman–Crippen LogP) is 5.80. The van der Waals surface area contributed by atoms with E-state index in [2.05, 4.69) is 14.6 Å². The van der Waals surface area contributed by atoms with Gasteiger partial charge in [-0.2, -0.15) is 13.2 Å². The van der Waals surface area contributed by atoms with E-state index in [0.29, 0.717) is 19.5 Å². The number of carbonyl (C=O) groups excluding carboxylic acids is 1. The monoisotopic (exact) mass is 545 g/mol. The molecule has 2 aromatic rings. The Kier molecular flexibility index (Phi) is 7.61. The molecule has 1 fully saturated rings. The Labute approximate surface area is 215 Å². The van der Waals surface area contributed by atoms with Crippen molar-refractivity contribution in [3.8, 4) is 11.5 Å². The zero-order valence-corrected chi connectivity index (χ0v) is 21.1. The standard InChI is InChI=1S/C24H25ClF5N5O2/c1-13-4-7-17(25)19(27)20(13)35(23(36)34-9-8-16(12-34)33(2)3)11-15-6-5-14(10-18(15)26)21-31-32-22(37-21)24(28,29)30/h5-7,10,13,16H,4,8-9,11-12H2,1-3H3/t13?,16-/m0/s1. The number of halogens is 6. The fourth-order valence-corrected chi connectivity index (χ4v) is 4.59. The summed E-state index contributed by atoms with van der Waals surface area (Å²) >= 11 is 6.05. The largest absolute Gasteiger partial charge is 0.470 e. The summed E-state index contributed by atoms with van der Waals surface area (Å²) in [4.78, 5) is 18.4. The molecule has 2 atom stereocenters. The van der Waals surface area contributed by atoms with Gasteiger partial charge in [-0.3, -0.25) is 4.90 Å². The second-order valence-corrected chi connectivity index (χ2v) is 9.73. The second-order valence-electron chi connectivity index (χ2n) is 9.33. The van der Waals surface area contributed by atoms with Gasteiger partial charge in [0.25, 0.3) is 0 Å². The van der Waals surface area contributed by atoms with Crippen LogP contribution in [0.2, 0.25) is 0 Å². The summed E-state index contributed by atoms with van der Waals surface area (Å²) in [5.41, 5.74) is 0.00750. The van der Waals surface area contributed by atoms with Gasteiger partial charge >= 0.3 is 18.1 Å². The number of allylic oxidation sites excluding steroid dienone is 4. The highest BCUT2D eigenvalue weighted by Gasteiger charge is 2.39. The van der Waals surface area contributed by atoms with E-state index < -0.39 is 41.6 Å². The molecule has 37 heavy (non-hydrogen) atoms. The number of alkyl halides is 3. The minimum atomic E-state index is -4.84. The highest BCUT2D eigenvalue weighted by molar-refractivity contribution is 6.31. The Balaban J connectivity index is 1.66. The van der Waals surface area contributed by atoms with E-state index in [1.54, 1.807) is 11.8 Å². The Morgan fingerprint density at radius 3 is 2.57 bits per heavy atom. The van der Waals surface area contributed by atoms with Crippen LogP contribution in [0.5, 0.6) is 0 Å². The van der Waals surface area contributed by atoms with Gasteiger partial charge in [-0.05, 0) is 39.1 Å². The lowest BCUT2D eigenvalue weighted by molar-refractivity contribution is -0.156. The number of carbonyl (C=O) groups is 1. The summed E-state index contributed by atoms with van der Waals surface area (Å²) in [6, 6.07) is 3.17. The molecular weight excluding hydrogens is 521 g/mol. The van der Waals surface area contributed by atoms with Crippen LogP contribution in [0.3, 0.4) is 0 Å². The van der Waals surface area contributed by atoms with Crippen LogP contribution in [0.15, 0.2) is 45.2 Å². The van der Waals surface area contributed by atoms with Gasteiger partial charge in [-0.15, -0.1) is 10.2 Å². The molecule has 1 aromatic carbocycles. The number of benzene rings is 1. The molecule has 2 aliphatic rings. The molecule has 0 spiro atoms. The van der Waals surface area contributed by atoms with Crippen molar-refractivity contribution < 1.29 is 31.2 Å². The first kappa shape index (κ1) is 27.1. The molecule has 1 unspecified atom stereocenters. The minimum absolute atomic E-state index is 0.0224. The molecule has 13 heteroatoms. The third kappa shape index (κ3) is 5.64. The molecule has 1 aliphatic carbocycles. The molecule has 1 saturated heterocycles. The van der Waals surface area contributed by atoms with E-state index in [1.165, 1.54) is 23.1 Å². The number of likely N-dealkylation sites (N-methyl/N-ethyl adjacent to an activating group) is 1. The summed E-state index contributed by atoms with van der Waals surface area (Å²) in [6.45, 7) is 2.30. The number of urea groups is 1. The first-order chi connectivity index (χ1) is 17.4. The van der Waals surface area contributed by atoms with Crippen LogP contribution in [0.25, 0.3) is 11.5 Å². The topological polar surface area (TPSA) is 65.7 Å². The number of hydrogen-bond donors (Lipinski definition) is 0. The summed E-state index contributed by atoms with van der Waals surface area (Å²) < 4.78 is 73.3. The first-order valence-corrected chi connectivity index (χ1v) is 11.9. The fraction of sp³-hybridized carbons (Fsp3) is 0.458. The van der Waals surface area contributed by atoms with Gasteiger partial charge in [0.05, 0.1) is 17.3 Å². The Morgan fingerprint density at radius 1 is 1.24 bits per heavy atom. The quantitative estimate of drug-likeness (QED) is 0.445. The zero-order chi connectivity index (χ0) is 27.1. The van der Waals surface area contributed by atoms with Crippen molar-refractivity contribution in [1.29, 1.82) is 0 Å². The molecule has 1 aliphatic heterocycles. The van der Waals surface area contributed by atoms with Crippen LogP contribution in [-0.2, 0) is 12.7 Å². The van der Waals surface area contributed by atoms with Gasteiger partial charge in [0.15, 0.2) is 5.83 Å². The van der Waals surface area contributed by atoms with Crippen LogP contribution in [0.1, 0.15) is 31.2 Å². The number of hydrogen-bond acceptors (Lipinski definition) is 5. The van der Waals surface area contributed by atoms with E-state index in [0.717, 1.165) is 12.5 Å². The van der Waals surface area contributed by atoms with Crippen molar-refractivity contribution in [3.63, 3.8) is 0 Å². The maximum Gasteiger partial charge on any atom is 0.470 e. The first-order valence-electron chi connectivity index (χ1n) is 11.5. The van der Waals surface area contributed by atoms with E-state index in [-0.39, 0.29) is 34.4 Å². The normalized spacial score (nSPS) is 20.6. The lowest BCUT2D eigenvalue weighted by atomic mass is 9.96. The average molecular weight is 546 g/mol. The molecule has 0 saturated carbocycles. The summed E-state index contributed by atoms with van der Waals surface area (Å²) in [6.07, 6.45) is -2.18. The molecular formula is C24H25ClF5N5O2.